The summed E-state index contributed by atoms with van der Waals surface area (Å²) < 4.78 is 0. The van der Waals surface area contributed by atoms with Crippen LogP contribution in [-0.2, 0) is 16.1 Å². The number of carbonyl (C=O) groups excluding carboxylic acids is 4. The van der Waals surface area contributed by atoms with Crippen molar-refractivity contribution in [2.24, 2.45) is 0 Å². The van der Waals surface area contributed by atoms with Gasteiger partial charge in [0.15, 0.2) is 0 Å². The molecule has 3 unspecified atom stereocenters. The van der Waals surface area contributed by atoms with Gasteiger partial charge in [0.2, 0.25) is 11.8 Å². The van der Waals surface area contributed by atoms with Crippen LogP contribution in [-0.4, -0.2) is 64.6 Å². The largest absolute Gasteiger partial charge is 0.367 e. The van der Waals surface area contributed by atoms with Crippen molar-refractivity contribution in [3.8, 4) is 0 Å². The predicted molar refractivity (Wildman–Crippen MR) is 130 cm³/mol. The number of hydrogen-bond acceptors (Lipinski definition) is 6. The van der Waals surface area contributed by atoms with E-state index in [1.807, 2.05) is 18.2 Å². The summed E-state index contributed by atoms with van der Waals surface area (Å²) in [5.74, 6) is -1.96. The molecule has 0 saturated carbocycles. The van der Waals surface area contributed by atoms with E-state index < -0.39 is 23.8 Å². The molecule has 5 heterocycles. The Balaban J connectivity index is 1.17. The number of hydrogen-bond donors (Lipinski definition) is 1. The molecule has 7 rings (SSSR count). The molecule has 3 atom stereocenters. The molecule has 2 aromatic carbocycles. The van der Waals surface area contributed by atoms with Crippen molar-refractivity contribution in [2.75, 3.05) is 18.0 Å². The van der Waals surface area contributed by atoms with E-state index in [2.05, 4.69) is 15.1 Å². The van der Waals surface area contributed by atoms with Gasteiger partial charge in [-0.2, -0.15) is 0 Å². The second kappa shape index (κ2) is 8.33. The van der Waals surface area contributed by atoms with Crippen LogP contribution in [0.1, 0.15) is 45.5 Å². The molecule has 5 aliphatic heterocycles. The average molecular weight is 513 g/mol. The molecule has 4 fully saturated rings. The summed E-state index contributed by atoms with van der Waals surface area (Å²) in [6.45, 7) is 2.34. The summed E-state index contributed by atoms with van der Waals surface area (Å²) in [6.07, 6.45) is 1.35. The predicted octanol–water partition coefficient (Wildman–Crippen LogP) is 2.86. The number of fused-ring (bicyclic) bond motifs is 3. The Bertz CT molecular complexity index is 1290. The molecule has 2 bridgehead atoms. The van der Waals surface area contributed by atoms with Crippen LogP contribution in [0.4, 0.5) is 5.69 Å². The maximum absolute atomic E-state index is 13.1. The number of benzene rings is 2. The van der Waals surface area contributed by atoms with Gasteiger partial charge in [-0.3, -0.25) is 34.3 Å². The Morgan fingerprint density at radius 3 is 2.43 bits per heavy atom. The van der Waals surface area contributed by atoms with Crippen molar-refractivity contribution < 1.29 is 19.2 Å². The molecular formula is C25H22Cl2N4O4. The zero-order valence-corrected chi connectivity index (χ0v) is 20.2. The zero-order chi connectivity index (χ0) is 24.4. The van der Waals surface area contributed by atoms with E-state index in [-0.39, 0.29) is 18.7 Å². The van der Waals surface area contributed by atoms with E-state index in [0.717, 1.165) is 35.7 Å². The Morgan fingerprint density at radius 2 is 1.69 bits per heavy atom. The molecule has 8 nitrogen and oxygen atoms in total. The maximum Gasteiger partial charge on any atom is 0.262 e. The van der Waals surface area contributed by atoms with Crippen molar-refractivity contribution in [1.29, 1.82) is 0 Å². The highest BCUT2D eigenvalue weighted by Crippen LogP contribution is 2.40. The van der Waals surface area contributed by atoms with E-state index in [4.69, 9.17) is 23.2 Å². The number of piperidine rings is 2. The molecule has 0 aliphatic carbocycles. The lowest BCUT2D eigenvalue weighted by Gasteiger charge is -2.57. The highest BCUT2D eigenvalue weighted by molar-refractivity contribution is 6.43. The van der Waals surface area contributed by atoms with Crippen LogP contribution >= 0.6 is 23.2 Å². The van der Waals surface area contributed by atoms with E-state index >= 15 is 0 Å². The van der Waals surface area contributed by atoms with Crippen molar-refractivity contribution in [3.05, 3.63) is 63.1 Å². The molecule has 35 heavy (non-hydrogen) atoms. The number of nitrogens with one attached hydrogen (secondary N) is 1. The van der Waals surface area contributed by atoms with E-state index in [9.17, 15) is 19.2 Å². The third kappa shape index (κ3) is 3.63. The lowest BCUT2D eigenvalue weighted by molar-refractivity contribution is -0.136. The minimum atomic E-state index is -0.956. The van der Waals surface area contributed by atoms with Gasteiger partial charge in [-0.1, -0.05) is 35.3 Å². The summed E-state index contributed by atoms with van der Waals surface area (Å²) in [6, 6.07) is 10.7. The number of piperazine rings is 1. The second-order valence-electron chi connectivity index (χ2n) is 9.52. The summed E-state index contributed by atoms with van der Waals surface area (Å²) in [7, 11) is 0. The fourth-order valence-electron chi connectivity index (χ4n) is 5.71. The van der Waals surface area contributed by atoms with Gasteiger partial charge in [0.25, 0.3) is 11.8 Å². The molecule has 0 radical (unpaired) electrons. The molecule has 180 valence electrons. The SMILES string of the molecule is O=C1CCC(N2C(=O)c3ccc(CN4C5CC4CN(c4cccc(Cl)c4Cl)C5)cc3C2=O)C(=O)N1. The van der Waals surface area contributed by atoms with Gasteiger partial charge in [-0.25, -0.2) is 0 Å². The van der Waals surface area contributed by atoms with Gasteiger partial charge in [0.05, 0.1) is 26.9 Å². The van der Waals surface area contributed by atoms with Crippen LogP contribution in [0.15, 0.2) is 36.4 Å². The lowest BCUT2D eigenvalue weighted by Crippen LogP contribution is -2.68. The molecule has 10 heteroatoms. The Morgan fingerprint density at radius 1 is 0.943 bits per heavy atom. The van der Waals surface area contributed by atoms with Gasteiger partial charge >= 0.3 is 0 Å². The van der Waals surface area contributed by atoms with Crippen LogP contribution in [0.3, 0.4) is 0 Å². The van der Waals surface area contributed by atoms with Crippen LogP contribution in [0.5, 0.6) is 0 Å². The molecule has 4 amide bonds. The number of anilines is 1. The molecule has 0 aromatic heterocycles. The number of imide groups is 2. The van der Waals surface area contributed by atoms with Gasteiger partial charge in [0.1, 0.15) is 6.04 Å². The highest BCUT2D eigenvalue weighted by Gasteiger charge is 2.46. The topological polar surface area (TPSA) is 90.0 Å². The zero-order valence-electron chi connectivity index (χ0n) is 18.7. The van der Waals surface area contributed by atoms with Gasteiger partial charge in [0, 0.05) is 38.1 Å². The quantitative estimate of drug-likeness (QED) is 0.633. The highest BCUT2D eigenvalue weighted by atomic mass is 35.5. The van der Waals surface area contributed by atoms with E-state index in [0.29, 0.717) is 39.8 Å². The van der Waals surface area contributed by atoms with Crippen LogP contribution in [0, 0.1) is 0 Å². The first-order chi connectivity index (χ1) is 16.8. The standard InChI is InChI=1S/C25H22Cl2N4O4/c26-18-2-1-3-19(22(18)27)29-11-14-9-15(12-29)30(14)10-13-4-5-16-17(8-13)25(35)31(24(16)34)20-6-7-21(32)28-23(20)33/h1-5,8,14-15,20H,6-7,9-12H2,(H,28,32,33). The summed E-state index contributed by atoms with van der Waals surface area (Å²) in [5, 5.41) is 3.34. The van der Waals surface area contributed by atoms with E-state index in [1.54, 1.807) is 18.2 Å². The maximum atomic E-state index is 13.1. The van der Waals surface area contributed by atoms with Crippen LogP contribution < -0.4 is 10.2 Å². The Labute approximate surface area is 211 Å². The van der Waals surface area contributed by atoms with Crippen LogP contribution in [0.2, 0.25) is 10.0 Å². The number of halogens is 2. The monoisotopic (exact) mass is 512 g/mol. The molecular weight excluding hydrogens is 491 g/mol. The van der Waals surface area contributed by atoms with Crippen molar-refractivity contribution >= 4 is 52.5 Å². The van der Waals surface area contributed by atoms with E-state index in [1.165, 1.54) is 0 Å². The lowest BCUT2D eigenvalue weighted by atomic mass is 9.86. The Hall–Kier alpha value is -2.94. The average Bonchev–Trinajstić information content (AvgIpc) is 3.09. The number of carbonyl (C=O) groups is 4. The first kappa shape index (κ1) is 22.5. The van der Waals surface area contributed by atoms with Gasteiger partial charge in [-0.05, 0) is 42.7 Å². The van der Waals surface area contributed by atoms with Crippen molar-refractivity contribution in [2.45, 2.75) is 43.9 Å². The molecule has 2 aromatic rings. The summed E-state index contributed by atoms with van der Waals surface area (Å²) in [5.41, 5.74) is 2.51. The normalized spacial score (nSPS) is 26.1. The first-order valence-corrected chi connectivity index (χ1v) is 12.4. The number of amides is 4. The number of nitrogens with zero attached hydrogens (tertiary/aromatic N) is 3. The molecule has 0 spiro atoms. The fourth-order valence-corrected chi connectivity index (χ4v) is 6.12. The van der Waals surface area contributed by atoms with Gasteiger partial charge in [-0.15, -0.1) is 0 Å². The second-order valence-corrected chi connectivity index (χ2v) is 10.3. The number of rotatable bonds is 4. The van der Waals surface area contributed by atoms with Crippen molar-refractivity contribution in [1.82, 2.24) is 15.1 Å². The van der Waals surface area contributed by atoms with Crippen molar-refractivity contribution in [3.63, 3.8) is 0 Å². The summed E-state index contributed by atoms with van der Waals surface area (Å²) >= 11 is 12.6. The first-order valence-electron chi connectivity index (χ1n) is 11.6. The molecule has 5 aliphatic rings. The fraction of sp³-hybridized carbons (Fsp3) is 0.360. The molecule has 4 saturated heterocycles. The third-order valence-corrected chi connectivity index (χ3v) is 8.29. The summed E-state index contributed by atoms with van der Waals surface area (Å²) in [4.78, 5) is 55.5. The van der Waals surface area contributed by atoms with Gasteiger partial charge < -0.3 is 4.90 Å². The Kier molecular flexibility index (Phi) is 5.36. The molecule has 1 N–H and O–H groups in total. The van der Waals surface area contributed by atoms with Crippen LogP contribution in [0.25, 0.3) is 0 Å². The minimum absolute atomic E-state index is 0.101. The third-order valence-electron chi connectivity index (χ3n) is 7.49. The smallest absolute Gasteiger partial charge is 0.262 e. The minimum Gasteiger partial charge on any atom is -0.367 e.